The predicted octanol–water partition coefficient (Wildman–Crippen LogP) is 5.05. The molecule has 0 saturated carbocycles. The molecule has 0 fully saturated rings. The van der Waals surface area contributed by atoms with E-state index < -0.39 is 0 Å². The molecule has 0 radical (unpaired) electrons. The Bertz CT molecular complexity index is 937. The van der Waals surface area contributed by atoms with E-state index in [4.69, 9.17) is 4.42 Å². The number of halogens is 1. The fourth-order valence-electron chi connectivity index (χ4n) is 2.75. The lowest BCUT2D eigenvalue weighted by atomic mass is 10.1. The lowest BCUT2D eigenvalue weighted by Gasteiger charge is -2.14. The minimum absolute atomic E-state index is 0.0255. The molecule has 1 heterocycles. The minimum atomic E-state index is -0.356. The van der Waals surface area contributed by atoms with Crippen LogP contribution in [0.5, 0.6) is 0 Å². The van der Waals surface area contributed by atoms with Gasteiger partial charge < -0.3 is 15.1 Å². The van der Waals surface area contributed by atoms with Crippen LogP contribution < -0.4 is 10.6 Å². The van der Waals surface area contributed by atoms with Crippen molar-refractivity contribution in [1.29, 1.82) is 0 Å². The van der Waals surface area contributed by atoms with Crippen LogP contribution in [0.15, 0.2) is 75.8 Å². The van der Waals surface area contributed by atoms with Crippen LogP contribution in [0.25, 0.3) is 0 Å². The van der Waals surface area contributed by atoms with E-state index in [1.807, 2.05) is 19.1 Å². The first kappa shape index (κ1) is 19.9. The first-order valence-electron chi connectivity index (χ1n) is 9.01. The number of anilines is 1. The summed E-state index contributed by atoms with van der Waals surface area (Å²) in [6.45, 7) is 1.99. The Morgan fingerprint density at radius 2 is 1.82 bits per heavy atom. The summed E-state index contributed by atoms with van der Waals surface area (Å²) in [6.07, 6.45) is 3.16. The standard InChI is InChI=1S/C22H21BrN2O3/c1-15(7-8-16-9-11-18(23)12-10-16)24-21(26)17-4-2-5-19(14-17)25-22(27)20-6-3-13-28-20/h2-6,9-15H,7-8H2,1H3,(H,24,26)(H,25,27). The molecular weight excluding hydrogens is 420 g/mol. The van der Waals surface area contributed by atoms with Gasteiger partial charge in [0.05, 0.1) is 6.26 Å². The molecule has 1 aromatic heterocycles. The fourth-order valence-corrected chi connectivity index (χ4v) is 3.02. The number of nitrogens with one attached hydrogen (secondary N) is 2. The molecule has 28 heavy (non-hydrogen) atoms. The molecule has 2 aromatic carbocycles. The molecule has 3 aromatic rings. The number of carbonyl (C=O) groups excluding carboxylic acids is 2. The average molecular weight is 441 g/mol. The van der Waals surface area contributed by atoms with Gasteiger partial charge in [0.15, 0.2) is 5.76 Å². The van der Waals surface area contributed by atoms with Crippen LogP contribution in [0.1, 0.15) is 39.8 Å². The maximum Gasteiger partial charge on any atom is 0.291 e. The van der Waals surface area contributed by atoms with E-state index in [0.717, 1.165) is 17.3 Å². The smallest absolute Gasteiger partial charge is 0.291 e. The number of carbonyl (C=O) groups is 2. The molecular formula is C22H21BrN2O3. The number of rotatable bonds is 7. The molecule has 144 valence electrons. The molecule has 3 rings (SSSR count). The minimum Gasteiger partial charge on any atom is -0.459 e. The van der Waals surface area contributed by atoms with Crippen molar-refractivity contribution in [1.82, 2.24) is 5.32 Å². The van der Waals surface area contributed by atoms with Crippen molar-refractivity contribution < 1.29 is 14.0 Å². The molecule has 6 heteroatoms. The van der Waals surface area contributed by atoms with Gasteiger partial charge in [-0.1, -0.05) is 34.1 Å². The van der Waals surface area contributed by atoms with Crippen LogP contribution in [-0.4, -0.2) is 17.9 Å². The molecule has 5 nitrogen and oxygen atoms in total. The van der Waals surface area contributed by atoms with Gasteiger partial charge in [-0.05, 0) is 67.8 Å². The van der Waals surface area contributed by atoms with Crippen LogP contribution in [-0.2, 0) is 6.42 Å². The van der Waals surface area contributed by atoms with Crippen LogP contribution >= 0.6 is 15.9 Å². The third-order valence-corrected chi connectivity index (χ3v) is 4.81. The highest BCUT2D eigenvalue weighted by molar-refractivity contribution is 9.10. The highest BCUT2D eigenvalue weighted by atomic mass is 79.9. The van der Waals surface area contributed by atoms with E-state index in [9.17, 15) is 9.59 Å². The van der Waals surface area contributed by atoms with Gasteiger partial charge in [0.25, 0.3) is 11.8 Å². The van der Waals surface area contributed by atoms with Gasteiger partial charge in [0.2, 0.25) is 0 Å². The molecule has 0 aliphatic rings. The summed E-state index contributed by atoms with van der Waals surface area (Å²) in [6, 6.07) is 18.3. The summed E-state index contributed by atoms with van der Waals surface area (Å²) >= 11 is 3.43. The largest absolute Gasteiger partial charge is 0.459 e. The Labute approximate surface area is 172 Å². The Morgan fingerprint density at radius 1 is 1.04 bits per heavy atom. The van der Waals surface area contributed by atoms with E-state index in [0.29, 0.717) is 11.3 Å². The zero-order chi connectivity index (χ0) is 19.9. The van der Waals surface area contributed by atoms with Crippen LogP contribution in [0.4, 0.5) is 5.69 Å². The number of hydrogen-bond donors (Lipinski definition) is 2. The highest BCUT2D eigenvalue weighted by Crippen LogP contribution is 2.15. The molecule has 0 aliphatic heterocycles. The molecule has 0 spiro atoms. The maximum absolute atomic E-state index is 12.5. The van der Waals surface area contributed by atoms with Gasteiger partial charge in [-0.2, -0.15) is 0 Å². The molecule has 0 saturated heterocycles. The summed E-state index contributed by atoms with van der Waals surface area (Å²) in [5, 5.41) is 5.73. The second-order valence-electron chi connectivity index (χ2n) is 6.55. The summed E-state index contributed by atoms with van der Waals surface area (Å²) in [4.78, 5) is 24.6. The van der Waals surface area contributed by atoms with Gasteiger partial charge in [-0.3, -0.25) is 9.59 Å². The van der Waals surface area contributed by atoms with E-state index in [1.165, 1.54) is 11.8 Å². The van der Waals surface area contributed by atoms with Gasteiger partial charge >= 0.3 is 0 Å². The third kappa shape index (κ3) is 5.57. The van der Waals surface area contributed by atoms with Gasteiger partial charge in [-0.15, -0.1) is 0 Å². The van der Waals surface area contributed by atoms with Crippen molar-refractivity contribution in [3.63, 3.8) is 0 Å². The van der Waals surface area contributed by atoms with E-state index in [2.05, 4.69) is 38.7 Å². The van der Waals surface area contributed by atoms with Crippen LogP contribution in [0.3, 0.4) is 0 Å². The van der Waals surface area contributed by atoms with Gasteiger partial charge in [0.1, 0.15) is 0 Å². The van der Waals surface area contributed by atoms with E-state index >= 15 is 0 Å². The van der Waals surface area contributed by atoms with E-state index in [1.54, 1.807) is 36.4 Å². The molecule has 0 aliphatic carbocycles. The van der Waals surface area contributed by atoms with Crippen LogP contribution in [0.2, 0.25) is 0 Å². The topological polar surface area (TPSA) is 71.3 Å². The van der Waals surface area contributed by atoms with Crippen molar-refractivity contribution in [2.24, 2.45) is 0 Å². The summed E-state index contributed by atoms with van der Waals surface area (Å²) < 4.78 is 6.13. The number of benzene rings is 2. The lowest BCUT2D eigenvalue weighted by molar-refractivity contribution is 0.0936. The molecule has 1 unspecified atom stereocenters. The normalized spacial score (nSPS) is 11.6. The first-order chi connectivity index (χ1) is 13.5. The second kappa shape index (κ2) is 9.37. The maximum atomic E-state index is 12.5. The quantitative estimate of drug-likeness (QED) is 0.539. The Hall–Kier alpha value is -2.86. The Morgan fingerprint density at radius 3 is 2.54 bits per heavy atom. The summed E-state index contributed by atoms with van der Waals surface area (Å²) in [7, 11) is 0. The fraction of sp³-hybridized carbons (Fsp3) is 0.182. The predicted molar refractivity (Wildman–Crippen MR) is 112 cm³/mol. The molecule has 2 N–H and O–H groups in total. The van der Waals surface area contributed by atoms with Crippen LogP contribution in [0, 0.1) is 0 Å². The van der Waals surface area contributed by atoms with Crippen molar-refractivity contribution in [2.75, 3.05) is 5.32 Å². The highest BCUT2D eigenvalue weighted by Gasteiger charge is 2.13. The lowest BCUT2D eigenvalue weighted by Crippen LogP contribution is -2.32. The number of furan rings is 1. The van der Waals surface area contributed by atoms with Crippen molar-refractivity contribution in [2.45, 2.75) is 25.8 Å². The second-order valence-corrected chi connectivity index (χ2v) is 7.47. The van der Waals surface area contributed by atoms with Crippen molar-refractivity contribution >= 4 is 33.4 Å². The summed E-state index contributed by atoms with van der Waals surface area (Å²) in [5.74, 6) is -0.306. The SMILES string of the molecule is CC(CCc1ccc(Br)cc1)NC(=O)c1cccc(NC(=O)c2ccco2)c1. The number of amides is 2. The van der Waals surface area contributed by atoms with E-state index in [-0.39, 0.29) is 23.6 Å². The average Bonchev–Trinajstić information content (AvgIpc) is 3.23. The van der Waals surface area contributed by atoms with Gasteiger partial charge in [-0.25, -0.2) is 0 Å². The van der Waals surface area contributed by atoms with Gasteiger partial charge in [0, 0.05) is 21.8 Å². The zero-order valence-corrected chi connectivity index (χ0v) is 17.0. The Balaban J connectivity index is 1.54. The molecule has 1 atom stereocenters. The molecule has 2 amide bonds. The zero-order valence-electron chi connectivity index (χ0n) is 15.4. The van der Waals surface area contributed by atoms with Crippen molar-refractivity contribution in [3.8, 4) is 0 Å². The molecule has 0 bridgehead atoms. The number of aryl methyl sites for hydroxylation is 1. The summed E-state index contributed by atoms with van der Waals surface area (Å²) in [5.41, 5.74) is 2.26. The monoisotopic (exact) mass is 440 g/mol. The number of hydrogen-bond acceptors (Lipinski definition) is 3. The Kier molecular flexibility index (Phi) is 6.66. The first-order valence-corrected chi connectivity index (χ1v) is 9.81. The van der Waals surface area contributed by atoms with Crippen molar-refractivity contribution in [3.05, 3.63) is 88.3 Å². The third-order valence-electron chi connectivity index (χ3n) is 4.28.